The van der Waals surface area contributed by atoms with Gasteiger partial charge in [0.2, 0.25) is 0 Å². The summed E-state index contributed by atoms with van der Waals surface area (Å²) < 4.78 is 5.44. The van der Waals surface area contributed by atoms with E-state index in [0.717, 1.165) is 17.8 Å². The molecular weight excluding hydrogens is 392 g/mol. The van der Waals surface area contributed by atoms with Crippen molar-refractivity contribution in [1.29, 1.82) is 0 Å². The number of rotatable bonds is 9. The maximum atomic E-state index is 12.7. The molecule has 1 N–H and O–H groups in total. The first-order chi connectivity index (χ1) is 14.0. The van der Waals surface area contributed by atoms with Crippen LogP contribution in [0.4, 0.5) is 5.69 Å². The van der Waals surface area contributed by atoms with Crippen LogP contribution >= 0.6 is 11.6 Å². The predicted molar refractivity (Wildman–Crippen MR) is 110 cm³/mol. The lowest BCUT2D eigenvalue weighted by molar-refractivity contribution is -0.138. The number of nitrogens with zero attached hydrogens (tertiary/aromatic N) is 2. The fourth-order valence-corrected chi connectivity index (χ4v) is 3.69. The molecule has 2 aliphatic carbocycles. The first kappa shape index (κ1) is 19.7. The lowest BCUT2D eigenvalue weighted by Crippen LogP contribution is -2.25. The topological polar surface area (TPSA) is 79.7 Å². The lowest BCUT2D eigenvalue weighted by atomic mass is 10.1. The Morgan fingerprint density at radius 1 is 1.24 bits per heavy atom. The molecule has 0 amide bonds. The number of hydrogen-bond donors (Lipinski definition) is 1. The van der Waals surface area contributed by atoms with Gasteiger partial charge in [-0.1, -0.05) is 23.7 Å². The quantitative estimate of drug-likeness (QED) is 0.623. The molecule has 1 aromatic heterocycles. The molecule has 0 radical (unpaired) electrons. The van der Waals surface area contributed by atoms with Gasteiger partial charge >= 0.3 is 5.97 Å². The highest BCUT2D eigenvalue weighted by molar-refractivity contribution is 6.30. The van der Waals surface area contributed by atoms with Gasteiger partial charge in [0.25, 0.3) is 0 Å². The summed E-state index contributed by atoms with van der Waals surface area (Å²) in [5, 5.41) is 9.79. The van der Waals surface area contributed by atoms with Crippen LogP contribution in [0, 0.1) is 17.8 Å². The third-order valence-corrected chi connectivity index (χ3v) is 5.82. The third-order valence-electron chi connectivity index (χ3n) is 5.56. The molecule has 0 saturated heterocycles. The molecule has 7 heteroatoms. The summed E-state index contributed by atoms with van der Waals surface area (Å²) in [6.45, 7) is 1.61. The molecule has 0 spiro atoms. The Kier molecular flexibility index (Phi) is 5.46. The molecular formula is C22H23ClN2O4. The number of pyridine rings is 1. The van der Waals surface area contributed by atoms with Crippen molar-refractivity contribution < 1.29 is 19.4 Å². The molecule has 152 valence electrons. The predicted octanol–water partition coefficient (Wildman–Crippen LogP) is 4.06. The molecule has 2 aromatic rings. The maximum absolute atomic E-state index is 12.7. The maximum Gasteiger partial charge on any atom is 0.307 e. The monoisotopic (exact) mass is 414 g/mol. The summed E-state index contributed by atoms with van der Waals surface area (Å²) in [5.74, 6) is -1.25. The van der Waals surface area contributed by atoms with E-state index in [0.29, 0.717) is 29.7 Å². The van der Waals surface area contributed by atoms with Crippen LogP contribution in [0.1, 0.15) is 35.3 Å². The Balaban J connectivity index is 1.57. The molecule has 1 aromatic carbocycles. The fraction of sp³-hybridized carbons (Fsp3) is 0.409. The molecule has 1 heterocycles. The summed E-state index contributed by atoms with van der Waals surface area (Å²) in [6, 6.07) is 9.59. The number of anilines is 1. The number of benzene rings is 1. The Bertz CT molecular complexity index is 927. The van der Waals surface area contributed by atoms with Crippen molar-refractivity contribution in [3.05, 3.63) is 52.8 Å². The summed E-state index contributed by atoms with van der Waals surface area (Å²) in [7, 11) is 1.50. The van der Waals surface area contributed by atoms with Crippen LogP contribution in [0.3, 0.4) is 0 Å². The van der Waals surface area contributed by atoms with E-state index in [1.54, 1.807) is 6.20 Å². The van der Waals surface area contributed by atoms with Gasteiger partial charge in [0.1, 0.15) is 11.4 Å². The van der Waals surface area contributed by atoms with E-state index < -0.39 is 17.8 Å². The first-order valence-corrected chi connectivity index (χ1v) is 10.1. The van der Waals surface area contributed by atoms with E-state index in [-0.39, 0.29) is 11.5 Å². The van der Waals surface area contributed by atoms with Crippen molar-refractivity contribution >= 4 is 29.0 Å². The van der Waals surface area contributed by atoms with Gasteiger partial charge in [0.15, 0.2) is 5.78 Å². The molecule has 2 atom stereocenters. The second-order valence-electron chi connectivity index (χ2n) is 7.85. The largest absolute Gasteiger partial charge is 0.494 e. The zero-order valence-corrected chi connectivity index (χ0v) is 16.9. The number of carboxylic acids is 1. The summed E-state index contributed by atoms with van der Waals surface area (Å²) in [4.78, 5) is 30.4. The number of halogens is 1. The van der Waals surface area contributed by atoms with Crippen molar-refractivity contribution in [2.75, 3.05) is 18.6 Å². The van der Waals surface area contributed by atoms with Crippen LogP contribution < -0.4 is 9.64 Å². The van der Waals surface area contributed by atoms with Crippen molar-refractivity contribution in [2.24, 2.45) is 17.8 Å². The fourth-order valence-electron chi connectivity index (χ4n) is 3.56. The minimum atomic E-state index is -0.933. The summed E-state index contributed by atoms with van der Waals surface area (Å²) in [5.41, 5.74) is 2.23. The van der Waals surface area contributed by atoms with Crippen LogP contribution in [0.2, 0.25) is 5.02 Å². The van der Waals surface area contributed by atoms with Crippen molar-refractivity contribution in [2.45, 2.75) is 25.8 Å². The number of Topliss-reactive ketones (excluding diaryl/α,β-unsaturated/α-hetero) is 1. The molecule has 2 saturated carbocycles. The van der Waals surface area contributed by atoms with Crippen LogP contribution in [0.25, 0.3) is 0 Å². The number of carbonyl (C=O) groups is 2. The van der Waals surface area contributed by atoms with E-state index in [1.807, 2.05) is 30.3 Å². The lowest BCUT2D eigenvalue weighted by Gasteiger charge is -2.25. The molecule has 29 heavy (non-hydrogen) atoms. The van der Waals surface area contributed by atoms with E-state index in [1.165, 1.54) is 20.0 Å². The van der Waals surface area contributed by atoms with E-state index in [9.17, 15) is 9.59 Å². The number of methoxy groups -OCH3 is 1. The molecule has 6 nitrogen and oxygen atoms in total. The van der Waals surface area contributed by atoms with E-state index in [2.05, 4.69) is 9.88 Å². The van der Waals surface area contributed by atoms with Crippen LogP contribution in [0.5, 0.6) is 5.75 Å². The third kappa shape index (κ3) is 4.53. The van der Waals surface area contributed by atoms with Gasteiger partial charge in [-0.05, 0) is 42.9 Å². The van der Waals surface area contributed by atoms with Gasteiger partial charge in [0.05, 0.1) is 24.9 Å². The van der Waals surface area contributed by atoms with Gasteiger partial charge in [0, 0.05) is 30.1 Å². The average molecular weight is 415 g/mol. The minimum absolute atomic E-state index is 0.211. The highest BCUT2D eigenvalue weighted by Gasteiger charge is 2.49. The highest BCUT2D eigenvalue weighted by atomic mass is 35.5. The summed E-state index contributed by atoms with van der Waals surface area (Å²) in [6.07, 6.45) is 4.49. The summed E-state index contributed by atoms with van der Waals surface area (Å²) >= 11 is 6.00. The minimum Gasteiger partial charge on any atom is -0.494 e. The Hall–Kier alpha value is -2.60. The smallest absolute Gasteiger partial charge is 0.307 e. The standard InChI is InChI=1S/C22H23ClN2O4/c1-29-19-8-16(10-24-20(19)21(26)17-9-18(17)22(27)28)25(11-13-2-3-13)12-14-4-6-15(23)7-5-14/h4-8,10,13,17-18H,2-3,9,11-12H2,1H3,(H,27,28). The molecule has 2 fully saturated rings. The van der Waals surface area contributed by atoms with Gasteiger partial charge in [-0.15, -0.1) is 0 Å². The van der Waals surface area contributed by atoms with E-state index >= 15 is 0 Å². The molecule has 4 rings (SSSR count). The van der Waals surface area contributed by atoms with E-state index in [4.69, 9.17) is 21.4 Å². The normalized spacial score (nSPS) is 20.2. The second-order valence-corrected chi connectivity index (χ2v) is 8.28. The number of carbonyl (C=O) groups excluding carboxylic acids is 1. The van der Waals surface area contributed by atoms with Gasteiger partial charge in [-0.2, -0.15) is 0 Å². The average Bonchev–Trinajstić information content (AvgIpc) is 3.62. The van der Waals surface area contributed by atoms with Crippen molar-refractivity contribution in [3.63, 3.8) is 0 Å². The molecule has 0 bridgehead atoms. The van der Waals surface area contributed by atoms with Crippen LogP contribution in [-0.2, 0) is 11.3 Å². The molecule has 2 unspecified atom stereocenters. The van der Waals surface area contributed by atoms with Gasteiger partial charge < -0.3 is 14.7 Å². The number of hydrogen-bond acceptors (Lipinski definition) is 5. The molecule has 0 aliphatic heterocycles. The zero-order valence-electron chi connectivity index (χ0n) is 16.2. The van der Waals surface area contributed by atoms with Crippen molar-refractivity contribution in [3.8, 4) is 5.75 Å². The van der Waals surface area contributed by atoms with Gasteiger partial charge in [-0.3, -0.25) is 9.59 Å². The SMILES string of the molecule is COc1cc(N(Cc2ccc(Cl)cc2)CC2CC2)cnc1C(=O)C1CC1C(=O)O. The van der Waals surface area contributed by atoms with Crippen molar-refractivity contribution in [1.82, 2.24) is 4.98 Å². The number of carboxylic acid groups (broad SMARTS) is 1. The number of aliphatic carboxylic acids is 1. The number of ketones is 1. The van der Waals surface area contributed by atoms with Crippen LogP contribution in [-0.4, -0.2) is 35.5 Å². The van der Waals surface area contributed by atoms with Gasteiger partial charge in [-0.25, -0.2) is 4.98 Å². The zero-order chi connectivity index (χ0) is 20.5. The second kappa shape index (κ2) is 8.03. The Morgan fingerprint density at radius 2 is 1.97 bits per heavy atom. The van der Waals surface area contributed by atoms with Crippen LogP contribution in [0.15, 0.2) is 36.5 Å². The molecule has 2 aliphatic rings. The number of aromatic nitrogens is 1. The Morgan fingerprint density at radius 3 is 2.55 bits per heavy atom. The number of ether oxygens (including phenoxy) is 1. The highest BCUT2D eigenvalue weighted by Crippen LogP contribution is 2.42. The Labute approximate surface area is 174 Å². The first-order valence-electron chi connectivity index (χ1n) is 9.76.